The van der Waals surface area contributed by atoms with Gasteiger partial charge in [0.15, 0.2) is 0 Å². The first-order valence-corrected chi connectivity index (χ1v) is 13.7. The molecule has 190 valence electrons. The Labute approximate surface area is 224 Å². The molecule has 0 aromatic heterocycles. The van der Waals surface area contributed by atoms with E-state index in [1.165, 1.54) is 11.8 Å². The van der Waals surface area contributed by atoms with Crippen molar-refractivity contribution in [3.05, 3.63) is 106 Å². The summed E-state index contributed by atoms with van der Waals surface area (Å²) in [6, 6.07) is 24.9. The van der Waals surface area contributed by atoms with E-state index in [0.29, 0.717) is 23.7 Å². The fourth-order valence-corrected chi connectivity index (χ4v) is 5.01. The highest BCUT2D eigenvalue weighted by atomic mass is 35.5. The van der Waals surface area contributed by atoms with Crippen LogP contribution in [0.3, 0.4) is 0 Å². The van der Waals surface area contributed by atoms with Gasteiger partial charge in [0.25, 0.3) is 0 Å². The molecule has 36 heavy (non-hydrogen) atoms. The summed E-state index contributed by atoms with van der Waals surface area (Å²) in [6.45, 7) is 8.28. The highest BCUT2D eigenvalue weighted by molar-refractivity contribution is 7.99. The summed E-state index contributed by atoms with van der Waals surface area (Å²) in [6.07, 6.45) is 0.444. The molecule has 0 spiro atoms. The summed E-state index contributed by atoms with van der Waals surface area (Å²) in [5.41, 5.74) is 3.80. The van der Waals surface area contributed by atoms with E-state index >= 15 is 0 Å². The van der Waals surface area contributed by atoms with Crippen molar-refractivity contribution in [2.24, 2.45) is 0 Å². The van der Waals surface area contributed by atoms with Gasteiger partial charge in [-0.25, -0.2) is 0 Å². The molecule has 2 amide bonds. The Bertz CT molecular complexity index is 1160. The molecular weight excluding hydrogens is 488 g/mol. The van der Waals surface area contributed by atoms with Crippen LogP contribution in [-0.2, 0) is 28.3 Å². The summed E-state index contributed by atoms with van der Waals surface area (Å²) in [4.78, 5) is 29.1. The van der Waals surface area contributed by atoms with Crippen LogP contribution in [0, 0.1) is 6.92 Å². The second-order valence-corrected chi connectivity index (χ2v) is 11.4. The number of benzene rings is 3. The van der Waals surface area contributed by atoms with Crippen LogP contribution in [0.25, 0.3) is 0 Å². The number of carbonyl (C=O) groups is 2. The van der Waals surface area contributed by atoms with Crippen molar-refractivity contribution in [3.8, 4) is 0 Å². The molecule has 0 saturated carbocycles. The van der Waals surface area contributed by atoms with Crippen LogP contribution >= 0.6 is 23.4 Å². The van der Waals surface area contributed by atoms with E-state index in [1.54, 1.807) is 4.90 Å². The number of carbonyl (C=O) groups excluding carboxylic acids is 2. The fourth-order valence-electron chi connectivity index (χ4n) is 3.94. The van der Waals surface area contributed by atoms with E-state index in [1.807, 2.05) is 107 Å². The molecule has 0 aliphatic carbocycles. The van der Waals surface area contributed by atoms with Gasteiger partial charge in [-0.3, -0.25) is 9.59 Å². The lowest BCUT2D eigenvalue weighted by molar-refractivity contribution is -0.140. The minimum absolute atomic E-state index is 0.0599. The Hall–Kier alpha value is -2.76. The van der Waals surface area contributed by atoms with Gasteiger partial charge >= 0.3 is 0 Å². The molecule has 3 aromatic rings. The predicted molar refractivity (Wildman–Crippen MR) is 151 cm³/mol. The molecule has 0 radical (unpaired) electrons. The monoisotopic (exact) mass is 522 g/mol. The van der Waals surface area contributed by atoms with E-state index in [9.17, 15) is 9.59 Å². The van der Waals surface area contributed by atoms with Gasteiger partial charge in [-0.15, -0.1) is 11.8 Å². The van der Waals surface area contributed by atoms with E-state index in [0.717, 1.165) is 22.3 Å². The molecule has 0 bridgehead atoms. The summed E-state index contributed by atoms with van der Waals surface area (Å²) in [7, 11) is 0. The zero-order chi connectivity index (χ0) is 26.1. The maximum Gasteiger partial charge on any atom is 0.243 e. The largest absolute Gasteiger partial charge is 0.350 e. The molecule has 4 nitrogen and oxygen atoms in total. The number of hydrogen-bond donors (Lipinski definition) is 1. The van der Waals surface area contributed by atoms with Crippen molar-refractivity contribution >= 4 is 35.2 Å². The summed E-state index contributed by atoms with van der Waals surface area (Å²) in [5, 5.41) is 3.79. The third-order valence-electron chi connectivity index (χ3n) is 5.75. The SMILES string of the molecule is Cc1ccccc1CN(C(=O)CSCc1cccc(Cl)c1)[C@@H](Cc1ccccc1)C(=O)NC(C)(C)C. The standard InChI is InChI=1S/C30H35ClN2O2S/c1-22-11-8-9-15-25(22)19-33(28(34)21-36-20-24-14-10-16-26(31)17-24)27(29(35)32-30(2,3)4)18-23-12-6-5-7-13-23/h5-17,27H,18-21H2,1-4H3,(H,32,35)/t27-/m0/s1. The molecule has 6 heteroatoms. The van der Waals surface area contributed by atoms with Crippen molar-refractivity contribution in [2.45, 2.75) is 58.0 Å². The van der Waals surface area contributed by atoms with Gasteiger partial charge in [-0.05, 0) is 62.1 Å². The maximum absolute atomic E-state index is 13.7. The third-order valence-corrected chi connectivity index (χ3v) is 6.98. The molecule has 1 N–H and O–H groups in total. The van der Waals surface area contributed by atoms with E-state index in [4.69, 9.17) is 11.6 Å². The van der Waals surface area contributed by atoms with Crippen LogP contribution in [0.15, 0.2) is 78.9 Å². The van der Waals surface area contributed by atoms with Crippen molar-refractivity contribution in [1.29, 1.82) is 0 Å². The van der Waals surface area contributed by atoms with Gasteiger partial charge in [0.1, 0.15) is 6.04 Å². The Morgan fingerprint density at radius 2 is 1.61 bits per heavy atom. The van der Waals surface area contributed by atoms with Crippen molar-refractivity contribution in [1.82, 2.24) is 10.2 Å². The third kappa shape index (κ3) is 8.72. The molecule has 0 heterocycles. The fraction of sp³-hybridized carbons (Fsp3) is 0.333. The van der Waals surface area contributed by atoms with Gasteiger partial charge in [0.05, 0.1) is 5.75 Å². The van der Waals surface area contributed by atoms with Crippen LogP contribution < -0.4 is 5.32 Å². The van der Waals surface area contributed by atoms with Crippen LogP contribution in [0.1, 0.15) is 43.0 Å². The van der Waals surface area contributed by atoms with E-state index < -0.39 is 11.6 Å². The lowest BCUT2D eigenvalue weighted by atomic mass is 10.00. The predicted octanol–water partition coefficient (Wildman–Crippen LogP) is 6.44. The average Bonchev–Trinajstić information content (AvgIpc) is 2.82. The van der Waals surface area contributed by atoms with Gasteiger partial charge in [-0.2, -0.15) is 0 Å². The lowest BCUT2D eigenvalue weighted by Crippen LogP contribution is -2.54. The number of halogens is 1. The second-order valence-electron chi connectivity index (χ2n) is 10.0. The number of aryl methyl sites for hydroxylation is 1. The first kappa shape index (κ1) is 27.8. The van der Waals surface area contributed by atoms with Gasteiger partial charge in [0, 0.05) is 29.3 Å². The summed E-state index contributed by atoms with van der Waals surface area (Å²) < 4.78 is 0. The number of nitrogens with zero attached hydrogens (tertiary/aromatic N) is 1. The minimum atomic E-state index is -0.634. The Morgan fingerprint density at radius 3 is 2.28 bits per heavy atom. The molecule has 0 saturated heterocycles. The maximum atomic E-state index is 13.7. The Morgan fingerprint density at radius 1 is 0.944 bits per heavy atom. The normalized spacial score (nSPS) is 12.1. The van der Waals surface area contributed by atoms with E-state index in [-0.39, 0.29) is 17.6 Å². The molecule has 0 unspecified atom stereocenters. The van der Waals surface area contributed by atoms with Crippen LogP contribution in [0.2, 0.25) is 5.02 Å². The quantitative estimate of drug-likeness (QED) is 0.333. The lowest BCUT2D eigenvalue weighted by Gasteiger charge is -2.34. The van der Waals surface area contributed by atoms with Gasteiger partial charge in [-0.1, -0.05) is 78.3 Å². The topological polar surface area (TPSA) is 49.4 Å². The number of rotatable bonds is 10. The summed E-state index contributed by atoms with van der Waals surface area (Å²) in [5.74, 6) is 0.734. The van der Waals surface area contributed by atoms with Gasteiger partial charge in [0.2, 0.25) is 11.8 Å². The number of nitrogens with one attached hydrogen (secondary N) is 1. The number of hydrogen-bond acceptors (Lipinski definition) is 3. The number of amides is 2. The Kier molecular flexibility index (Phi) is 10.0. The van der Waals surface area contributed by atoms with Crippen LogP contribution in [0.5, 0.6) is 0 Å². The van der Waals surface area contributed by atoms with Crippen LogP contribution in [-0.4, -0.2) is 34.0 Å². The zero-order valence-corrected chi connectivity index (χ0v) is 23.0. The smallest absolute Gasteiger partial charge is 0.243 e. The van der Waals surface area contributed by atoms with Gasteiger partial charge < -0.3 is 10.2 Å². The van der Waals surface area contributed by atoms with Crippen molar-refractivity contribution in [3.63, 3.8) is 0 Å². The molecule has 0 fully saturated rings. The highest BCUT2D eigenvalue weighted by Gasteiger charge is 2.32. The van der Waals surface area contributed by atoms with Crippen LogP contribution in [0.4, 0.5) is 0 Å². The summed E-state index contributed by atoms with van der Waals surface area (Å²) >= 11 is 7.65. The van der Waals surface area contributed by atoms with E-state index in [2.05, 4.69) is 5.32 Å². The second kappa shape index (κ2) is 13.0. The zero-order valence-electron chi connectivity index (χ0n) is 21.5. The molecule has 3 aromatic carbocycles. The molecule has 0 aliphatic rings. The molecular formula is C30H35ClN2O2S. The van der Waals surface area contributed by atoms with Crippen molar-refractivity contribution < 1.29 is 9.59 Å². The minimum Gasteiger partial charge on any atom is -0.350 e. The molecule has 0 aliphatic heterocycles. The van der Waals surface area contributed by atoms with Crippen molar-refractivity contribution in [2.75, 3.05) is 5.75 Å². The molecule has 3 rings (SSSR count). The number of thioether (sulfide) groups is 1. The molecule has 1 atom stereocenters. The Balaban J connectivity index is 1.88. The highest BCUT2D eigenvalue weighted by Crippen LogP contribution is 2.21. The first-order chi connectivity index (χ1) is 17.1. The first-order valence-electron chi connectivity index (χ1n) is 12.1. The average molecular weight is 523 g/mol.